The Balaban J connectivity index is 1.98. The molecule has 0 saturated carbocycles. The molecule has 0 spiro atoms. The van der Waals surface area contributed by atoms with Crippen LogP contribution in [0, 0.1) is 10.1 Å². The van der Waals surface area contributed by atoms with Crippen LogP contribution < -0.4 is 10.7 Å². The van der Waals surface area contributed by atoms with E-state index in [1.54, 1.807) is 30.3 Å². The van der Waals surface area contributed by atoms with Crippen LogP contribution in [0.3, 0.4) is 0 Å². The molecule has 0 bridgehead atoms. The van der Waals surface area contributed by atoms with Crippen LogP contribution in [-0.4, -0.2) is 23.0 Å². The van der Waals surface area contributed by atoms with E-state index in [-0.39, 0.29) is 11.3 Å². The van der Waals surface area contributed by atoms with Crippen molar-refractivity contribution in [3.63, 3.8) is 0 Å². The number of anilines is 1. The van der Waals surface area contributed by atoms with Gasteiger partial charge in [0.15, 0.2) is 0 Å². The lowest BCUT2D eigenvalue weighted by molar-refractivity contribution is -0.385. The molecule has 0 radical (unpaired) electrons. The second-order valence-electron chi connectivity index (χ2n) is 4.48. The molecule has 8 nitrogen and oxygen atoms in total. The van der Waals surface area contributed by atoms with Gasteiger partial charge >= 0.3 is 11.8 Å². The van der Waals surface area contributed by atoms with Crippen LogP contribution in [-0.2, 0) is 9.59 Å². The van der Waals surface area contributed by atoms with Gasteiger partial charge in [-0.1, -0.05) is 34.1 Å². The molecule has 2 amide bonds. The molecule has 122 valence electrons. The lowest BCUT2D eigenvalue weighted by atomic mass is 10.2. The Morgan fingerprint density at radius 1 is 1.12 bits per heavy atom. The van der Waals surface area contributed by atoms with E-state index in [0.29, 0.717) is 5.69 Å². The fraction of sp³-hybridized carbons (Fsp3) is 0. The summed E-state index contributed by atoms with van der Waals surface area (Å²) >= 11 is 3.24. The van der Waals surface area contributed by atoms with E-state index < -0.39 is 16.7 Å². The van der Waals surface area contributed by atoms with Crippen LogP contribution in [0.2, 0.25) is 0 Å². The van der Waals surface area contributed by atoms with E-state index in [0.717, 1.165) is 10.7 Å². The van der Waals surface area contributed by atoms with E-state index in [1.165, 1.54) is 18.2 Å². The van der Waals surface area contributed by atoms with Crippen molar-refractivity contribution in [3.05, 3.63) is 68.7 Å². The van der Waals surface area contributed by atoms with Crippen LogP contribution in [0.1, 0.15) is 5.56 Å². The number of amides is 2. The standard InChI is InChI=1S/C15H11BrN4O4/c16-11-5-3-6-12(8-11)18-14(21)15(22)19-17-9-10-4-1-2-7-13(10)20(23)24/h1-9H,(H,18,21)(H,19,22)/b17-9-. The molecule has 0 atom stereocenters. The number of para-hydroxylation sites is 1. The first-order chi connectivity index (χ1) is 11.5. The van der Waals surface area contributed by atoms with Crippen LogP contribution in [0.5, 0.6) is 0 Å². The smallest absolute Gasteiger partial charge is 0.318 e. The number of nitrogens with one attached hydrogen (secondary N) is 2. The van der Waals surface area contributed by atoms with Crippen molar-refractivity contribution >= 4 is 45.3 Å². The molecule has 0 unspecified atom stereocenters. The second-order valence-corrected chi connectivity index (χ2v) is 5.40. The van der Waals surface area contributed by atoms with Gasteiger partial charge in [0.25, 0.3) is 5.69 Å². The number of halogens is 1. The maximum Gasteiger partial charge on any atom is 0.329 e. The average molecular weight is 391 g/mol. The average Bonchev–Trinajstić information content (AvgIpc) is 2.55. The zero-order chi connectivity index (χ0) is 17.5. The summed E-state index contributed by atoms with van der Waals surface area (Å²) in [5.74, 6) is -1.90. The molecule has 0 aliphatic rings. The van der Waals surface area contributed by atoms with Gasteiger partial charge in [-0.05, 0) is 24.3 Å². The predicted molar refractivity (Wildman–Crippen MR) is 91.6 cm³/mol. The lowest BCUT2D eigenvalue weighted by Gasteiger charge is -2.04. The maximum atomic E-state index is 11.7. The summed E-state index contributed by atoms with van der Waals surface area (Å²) in [6.45, 7) is 0. The largest absolute Gasteiger partial charge is 0.329 e. The minimum absolute atomic E-state index is 0.158. The number of nitro benzene ring substituents is 1. The molecule has 2 aromatic carbocycles. The third-order valence-electron chi connectivity index (χ3n) is 2.79. The van der Waals surface area contributed by atoms with Crippen LogP contribution in [0.25, 0.3) is 0 Å². The van der Waals surface area contributed by atoms with E-state index in [1.807, 2.05) is 5.43 Å². The molecule has 2 N–H and O–H groups in total. The first-order valence-corrected chi connectivity index (χ1v) is 7.40. The summed E-state index contributed by atoms with van der Waals surface area (Å²) in [5, 5.41) is 16.8. The molecular weight excluding hydrogens is 380 g/mol. The van der Waals surface area contributed by atoms with E-state index >= 15 is 0 Å². The topological polar surface area (TPSA) is 114 Å². The zero-order valence-corrected chi connectivity index (χ0v) is 13.7. The monoisotopic (exact) mass is 390 g/mol. The number of rotatable bonds is 4. The molecule has 2 aromatic rings. The third kappa shape index (κ3) is 4.71. The van der Waals surface area contributed by atoms with Crippen LogP contribution in [0.4, 0.5) is 11.4 Å². The Hall–Kier alpha value is -3.07. The van der Waals surface area contributed by atoms with Gasteiger partial charge in [0.05, 0.1) is 16.7 Å². The van der Waals surface area contributed by atoms with Crippen molar-refractivity contribution in [2.45, 2.75) is 0 Å². The number of carbonyl (C=O) groups is 2. The molecule has 0 aliphatic carbocycles. The zero-order valence-electron chi connectivity index (χ0n) is 12.1. The number of hydrazone groups is 1. The summed E-state index contributed by atoms with van der Waals surface area (Å²) in [6.07, 6.45) is 1.10. The van der Waals surface area contributed by atoms with Crippen molar-refractivity contribution in [2.75, 3.05) is 5.32 Å². The van der Waals surface area contributed by atoms with Gasteiger partial charge in [-0.3, -0.25) is 19.7 Å². The van der Waals surface area contributed by atoms with Crippen LogP contribution >= 0.6 is 15.9 Å². The Bertz CT molecular complexity index is 823. The van der Waals surface area contributed by atoms with Crippen molar-refractivity contribution in [2.24, 2.45) is 5.10 Å². The van der Waals surface area contributed by atoms with Crippen molar-refractivity contribution in [3.8, 4) is 0 Å². The number of hydrogen-bond acceptors (Lipinski definition) is 5. The van der Waals surface area contributed by atoms with Crippen molar-refractivity contribution in [1.29, 1.82) is 0 Å². The molecule has 0 aliphatic heterocycles. The predicted octanol–water partition coefficient (Wildman–Crippen LogP) is 2.45. The van der Waals surface area contributed by atoms with E-state index in [9.17, 15) is 19.7 Å². The highest BCUT2D eigenvalue weighted by Gasteiger charge is 2.14. The highest BCUT2D eigenvalue weighted by Crippen LogP contribution is 2.16. The van der Waals surface area contributed by atoms with Gasteiger partial charge in [0.2, 0.25) is 0 Å². The Morgan fingerprint density at radius 3 is 2.58 bits per heavy atom. The number of nitro groups is 1. The minimum atomic E-state index is -0.996. The normalized spacial score (nSPS) is 10.4. The van der Waals surface area contributed by atoms with Crippen molar-refractivity contribution in [1.82, 2.24) is 5.43 Å². The van der Waals surface area contributed by atoms with Gasteiger partial charge in [-0.25, -0.2) is 5.43 Å². The molecule has 2 rings (SSSR count). The summed E-state index contributed by atoms with van der Waals surface area (Å²) in [6, 6.07) is 12.6. The number of nitrogens with zero attached hydrogens (tertiary/aromatic N) is 2. The van der Waals surface area contributed by atoms with Gasteiger partial charge in [-0.2, -0.15) is 5.10 Å². The first-order valence-electron chi connectivity index (χ1n) is 6.61. The van der Waals surface area contributed by atoms with Gasteiger partial charge in [0.1, 0.15) is 0 Å². The summed E-state index contributed by atoms with van der Waals surface area (Å²) in [5.41, 5.74) is 2.50. The first kappa shape index (κ1) is 17.3. The van der Waals surface area contributed by atoms with Gasteiger partial charge in [0, 0.05) is 16.2 Å². The fourth-order valence-corrected chi connectivity index (χ4v) is 2.13. The Labute approximate surface area is 144 Å². The quantitative estimate of drug-likeness (QED) is 0.361. The third-order valence-corrected chi connectivity index (χ3v) is 3.29. The fourth-order valence-electron chi connectivity index (χ4n) is 1.73. The summed E-state index contributed by atoms with van der Waals surface area (Å²) in [4.78, 5) is 33.7. The van der Waals surface area contributed by atoms with E-state index in [2.05, 4.69) is 26.3 Å². The molecule has 0 saturated heterocycles. The molecule has 24 heavy (non-hydrogen) atoms. The van der Waals surface area contributed by atoms with Gasteiger partial charge in [-0.15, -0.1) is 0 Å². The van der Waals surface area contributed by atoms with Gasteiger partial charge < -0.3 is 5.32 Å². The number of hydrogen-bond donors (Lipinski definition) is 2. The Morgan fingerprint density at radius 2 is 1.88 bits per heavy atom. The second kappa shape index (κ2) is 7.97. The molecule has 0 aromatic heterocycles. The number of benzene rings is 2. The molecule has 0 fully saturated rings. The van der Waals surface area contributed by atoms with Crippen molar-refractivity contribution < 1.29 is 14.5 Å². The Kier molecular flexibility index (Phi) is 5.74. The van der Waals surface area contributed by atoms with E-state index in [4.69, 9.17) is 0 Å². The highest BCUT2D eigenvalue weighted by molar-refractivity contribution is 9.10. The summed E-state index contributed by atoms with van der Waals surface area (Å²) in [7, 11) is 0. The molecular formula is C15H11BrN4O4. The number of carbonyl (C=O) groups excluding carboxylic acids is 2. The molecule has 0 heterocycles. The molecule has 9 heteroatoms. The highest BCUT2D eigenvalue weighted by atomic mass is 79.9. The SMILES string of the molecule is O=C(N/N=C\c1ccccc1[N+](=O)[O-])C(=O)Nc1cccc(Br)c1. The maximum absolute atomic E-state index is 11.7. The lowest BCUT2D eigenvalue weighted by Crippen LogP contribution is -2.32. The van der Waals surface area contributed by atoms with Crippen LogP contribution in [0.15, 0.2) is 58.1 Å². The summed E-state index contributed by atoms with van der Waals surface area (Å²) < 4.78 is 0.745. The minimum Gasteiger partial charge on any atom is -0.318 e.